The molecule has 0 saturated carbocycles. The van der Waals surface area contributed by atoms with Crippen LogP contribution in [0.4, 0.5) is 4.79 Å². The maximum absolute atomic E-state index is 14.1. The number of hydrogen-bond donors (Lipinski definition) is 4. The first-order valence-corrected chi connectivity index (χ1v) is 18.0. The molecule has 13 atom stereocenters. The molecule has 3 aliphatic rings. The van der Waals surface area contributed by atoms with E-state index in [0.29, 0.717) is 32.2 Å². The molecule has 0 aliphatic carbocycles. The number of azide groups is 1. The average Bonchev–Trinajstić information content (AvgIpc) is 3.33. The molecule has 0 aromatic carbocycles. The molecule has 0 radical (unpaired) electrons. The van der Waals surface area contributed by atoms with Gasteiger partial charge in [-0.3, -0.25) is 14.5 Å². The minimum absolute atomic E-state index is 0.100. The van der Waals surface area contributed by atoms with Crippen LogP contribution in [0.1, 0.15) is 87.0 Å². The lowest BCUT2D eigenvalue weighted by Gasteiger charge is -2.45. The van der Waals surface area contributed by atoms with Crippen molar-refractivity contribution in [3.8, 4) is 0 Å². The summed E-state index contributed by atoms with van der Waals surface area (Å²) in [6.45, 7) is 13.1. The van der Waals surface area contributed by atoms with Crippen molar-refractivity contribution in [3.05, 3.63) is 10.4 Å². The number of nitrogens with one attached hydrogen (secondary N) is 1. The number of Topliss-reactive ketones (excluding diaryl/α,β-unsaturated/α-hetero) is 1. The van der Waals surface area contributed by atoms with Gasteiger partial charge in [-0.1, -0.05) is 25.9 Å². The van der Waals surface area contributed by atoms with Crippen molar-refractivity contribution < 1.29 is 48.3 Å². The molecular weight excluding hydrogens is 652 g/mol. The highest BCUT2D eigenvalue weighted by Crippen LogP contribution is 2.40. The summed E-state index contributed by atoms with van der Waals surface area (Å²) in [4.78, 5) is 45.9. The van der Waals surface area contributed by atoms with Gasteiger partial charge in [0.2, 0.25) is 0 Å². The van der Waals surface area contributed by atoms with Crippen molar-refractivity contribution in [2.45, 2.75) is 147 Å². The van der Waals surface area contributed by atoms with E-state index < -0.39 is 83.6 Å². The zero-order valence-corrected chi connectivity index (χ0v) is 30.9. The highest BCUT2D eigenvalue weighted by atomic mass is 16.7. The van der Waals surface area contributed by atoms with E-state index in [1.54, 1.807) is 18.7 Å². The third-order valence-electron chi connectivity index (χ3n) is 10.7. The van der Waals surface area contributed by atoms with Crippen LogP contribution in [0.3, 0.4) is 0 Å². The number of nitrogens with two attached hydrogens (primary N) is 1. The molecule has 0 spiro atoms. The number of nitrogens with zero attached hydrogens (tertiary/aromatic N) is 4. The van der Waals surface area contributed by atoms with E-state index in [2.05, 4.69) is 15.3 Å². The number of aliphatic hydroxyl groups is 2. The van der Waals surface area contributed by atoms with E-state index in [0.717, 1.165) is 0 Å². The quantitative estimate of drug-likeness (QED) is 0.0606. The number of amides is 1. The second kappa shape index (κ2) is 18.3. The highest BCUT2D eigenvalue weighted by molar-refractivity contribution is 6.00. The van der Waals surface area contributed by atoms with Gasteiger partial charge in [0, 0.05) is 49.7 Å². The standard InChI is InChI=1S/C34H60N6O10/c1-9-25-34(7)28(40(32(45)50-34)14-11-10-13-38-39-36)24(12-15-41)37-18-19(2)17-33(6,46-8)29(21(4)26(42)22(5)30(44)48-25)49-31-27(43)23(35)16-20(3)47-31/h19-25,27-29,31,37,41,43H,9-18,35H2,1-8H3/t19-,20?,21+,22-,23?,24-,25-,27?,28-,29-,31+,33-,34-/m1/s1. The molecule has 3 fully saturated rings. The minimum atomic E-state index is -1.34. The Hall–Kier alpha value is -2.56. The van der Waals surface area contributed by atoms with E-state index in [4.69, 9.17) is 34.9 Å². The molecule has 3 saturated heterocycles. The van der Waals surface area contributed by atoms with E-state index in [-0.39, 0.29) is 44.6 Å². The van der Waals surface area contributed by atoms with Crippen LogP contribution in [-0.4, -0.2) is 126 Å². The van der Waals surface area contributed by atoms with Crippen molar-refractivity contribution in [3.63, 3.8) is 0 Å². The number of carbonyl (C=O) groups is 3. The number of ketones is 1. The second-order valence-corrected chi connectivity index (χ2v) is 14.7. The summed E-state index contributed by atoms with van der Waals surface area (Å²) in [7, 11) is 1.53. The summed E-state index contributed by atoms with van der Waals surface area (Å²) in [6, 6.07) is -1.75. The summed E-state index contributed by atoms with van der Waals surface area (Å²) in [6.07, 6.45) is -2.64. The molecule has 3 aliphatic heterocycles. The number of hydrogen-bond acceptors (Lipinski definition) is 13. The molecule has 5 N–H and O–H groups in total. The van der Waals surface area contributed by atoms with Gasteiger partial charge in [-0.15, -0.1) is 0 Å². The van der Waals surface area contributed by atoms with Crippen molar-refractivity contribution in [2.24, 2.45) is 28.6 Å². The van der Waals surface area contributed by atoms with Crippen LogP contribution < -0.4 is 11.1 Å². The van der Waals surface area contributed by atoms with Gasteiger partial charge in [0.05, 0.1) is 23.9 Å². The average molecular weight is 713 g/mol. The number of ether oxygens (including phenoxy) is 5. The molecular formula is C34H60N6O10. The normalized spacial score (nSPS) is 40.6. The Bertz CT molecular complexity index is 1210. The fourth-order valence-electron chi connectivity index (χ4n) is 7.93. The van der Waals surface area contributed by atoms with E-state index in [1.165, 1.54) is 14.0 Å². The zero-order chi connectivity index (χ0) is 37.4. The number of cyclic esters (lactones) is 1. The summed E-state index contributed by atoms with van der Waals surface area (Å²) in [5.74, 6) is -3.47. The molecule has 0 aromatic rings. The lowest BCUT2D eigenvalue weighted by atomic mass is 9.78. The number of esters is 1. The molecule has 0 bridgehead atoms. The molecule has 16 heteroatoms. The van der Waals surface area contributed by atoms with Gasteiger partial charge < -0.3 is 44.9 Å². The zero-order valence-electron chi connectivity index (χ0n) is 30.9. The Morgan fingerprint density at radius 2 is 1.88 bits per heavy atom. The largest absolute Gasteiger partial charge is 0.458 e. The number of methoxy groups -OCH3 is 1. The van der Waals surface area contributed by atoms with Gasteiger partial charge in [0.15, 0.2) is 17.7 Å². The second-order valence-electron chi connectivity index (χ2n) is 14.7. The van der Waals surface area contributed by atoms with Gasteiger partial charge in [0.1, 0.15) is 18.1 Å². The third-order valence-corrected chi connectivity index (χ3v) is 10.7. The Morgan fingerprint density at radius 1 is 1.18 bits per heavy atom. The fourth-order valence-corrected chi connectivity index (χ4v) is 7.93. The van der Waals surface area contributed by atoms with E-state index >= 15 is 0 Å². The van der Waals surface area contributed by atoms with Gasteiger partial charge in [-0.05, 0) is 84.2 Å². The topological polar surface area (TPSA) is 228 Å². The summed E-state index contributed by atoms with van der Waals surface area (Å²) in [5.41, 5.74) is 12.4. The summed E-state index contributed by atoms with van der Waals surface area (Å²) < 4.78 is 30.7. The Labute approximate surface area is 295 Å². The number of rotatable bonds is 11. The first kappa shape index (κ1) is 41.9. The summed E-state index contributed by atoms with van der Waals surface area (Å²) >= 11 is 0. The van der Waals surface area contributed by atoms with Crippen molar-refractivity contribution in [2.75, 3.05) is 33.4 Å². The maximum atomic E-state index is 14.1. The van der Waals surface area contributed by atoms with Crippen LogP contribution in [-0.2, 0) is 33.3 Å². The number of unbranched alkanes of at least 4 members (excludes halogenated alkanes) is 1. The first-order chi connectivity index (χ1) is 23.6. The maximum Gasteiger partial charge on any atom is 0.410 e. The molecule has 0 aromatic heterocycles. The third kappa shape index (κ3) is 9.45. The lowest BCUT2D eigenvalue weighted by Crippen LogP contribution is -2.62. The smallest absolute Gasteiger partial charge is 0.410 e. The SMILES string of the molecule is CC[C@H]1OC(=O)[C@H](C)C(=O)[C@H](C)[C@@H](O[C@@H]2OC(C)CC(N)C2O)[C@](C)(OC)C[C@@H](C)CN[C@H](CCO)[C@H]2N(CCCCN=[N+]=[N-])C(=O)O[C@]12C. The number of carbonyl (C=O) groups excluding carboxylic acids is 3. The van der Waals surface area contributed by atoms with Gasteiger partial charge in [-0.2, -0.15) is 0 Å². The van der Waals surface area contributed by atoms with Crippen LogP contribution in [0, 0.1) is 17.8 Å². The van der Waals surface area contributed by atoms with Crippen LogP contribution in [0.5, 0.6) is 0 Å². The predicted octanol–water partition coefficient (Wildman–Crippen LogP) is 2.81. The minimum Gasteiger partial charge on any atom is -0.458 e. The molecule has 3 unspecified atom stereocenters. The van der Waals surface area contributed by atoms with Gasteiger partial charge in [0.25, 0.3) is 0 Å². The molecule has 50 heavy (non-hydrogen) atoms. The molecule has 16 nitrogen and oxygen atoms in total. The summed E-state index contributed by atoms with van der Waals surface area (Å²) in [5, 5.41) is 28.3. The van der Waals surface area contributed by atoms with Crippen LogP contribution in [0.25, 0.3) is 10.4 Å². The number of aliphatic hydroxyl groups excluding tert-OH is 2. The Balaban J connectivity index is 2.07. The predicted molar refractivity (Wildman–Crippen MR) is 183 cm³/mol. The molecule has 3 heterocycles. The van der Waals surface area contributed by atoms with Crippen LogP contribution >= 0.6 is 0 Å². The van der Waals surface area contributed by atoms with Crippen LogP contribution in [0.15, 0.2) is 5.11 Å². The van der Waals surface area contributed by atoms with E-state index in [1.807, 2.05) is 27.7 Å². The van der Waals surface area contributed by atoms with Gasteiger partial charge in [-0.25, -0.2) is 4.79 Å². The van der Waals surface area contributed by atoms with Crippen molar-refractivity contribution in [1.82, 2.24) is 10.2 Å². The molecule has 286 valence electrons. The molecule has 3 rings (SSSR count). The van der Waals surface area contributed by atoms with Crippen molar-refractivity contribution in [1.29, 1.82) is 0 Å². The van der Waals surface area contributed by atoms with Crippen LogP contribution in [0.2, 0.25) is 0 Å². The van der Waals surface area contributed by atoms with E-state index in [9.17, 15) is 24.6 Å². The monoisotopic (exact) mass is 712 g/mol. The van der Waals surface area contributed by atoms with Crippen molar-refractivity contribution >= 4 is 17.8 Å². The lowest BCUT2D eigenvalue weighted by molar-refractivity contribution is -0.288. The Morgan fingerprint density at radius 3 is 2.50 bits per heavy atom. The fraction of sp³-hybridized carbons (Fsp3) is 0.912. The first-order valence-electron chi connectivity index (χ1n) is 18.0. The molecule has 1 amide bonds. The highest BCUT2D eigenvalue weighted by Gasteiger charge is 2.59. The number of fused-ring (bicyclic) bond motifs is 1. The van der Waals surface area contributed by atoms with Gasteiger partial charge >= 0.3 is 12.1 Å². The Kier molecular flexibility index (Phi) is 15.3.